The van der Waals surface area contributed by atoms with Gasteiger partial charge in [-0.05, 0) is 55.3 Å². The summed E-state index contributed by atoms with van der Waals surface area (Å²) in [6, 6.07) is 16.1. The van der Waals surface area contributed by atoms with Crippen LogP contribution in [0.2, 0.25) is 0 Å². The number of rotatable bonds is 5. The van der Waals surface area contributed by atoms with E-state index < -0.39 is 4.92 Å². The van der Waals surface area contributed by atoms with Crippen molar-refractivity contribution in [3.8, 4) is 5.69 Å². The molecule has 0 fully saturated rings. The number of carbonyl (C=O) groups is 1. The number of aryl methyl sites for hydroxylation is 1. The van der Waals surface area contributed by atoms with E-state index in [-0.39, 0.29) is 11.6 Å². The molecule has 7 nitrogen and oxygen atoms in total. The molecule has 0 saturated carbocycles. The zero-order valence-corrected chi connectivity index (χ0v) is 17.1. The average molecular weight is 418 g/mol. The number of nitrogens with zero attached hydrogens (tertiary/aromatic N) is 3. The number of aromatic nitrogens is 1. The van der Waals surface area contributed by atoms with Crippen LogP contribution in [0.25, 0.3) is 15.8 Å². The number of nitrogens with one attached hydrogen (secondary N) is 1. The molecule has 0 radical (unpaired) electrons. The van der Waals surface area contributed by atoms with Gasteiger partial charge in [0.1, 0.15) is 0 Å². The third-order valence-electron chi connectivity index (χ3n) is 4.91. The molecule has 0 aliphatic rings. The molecule has 150 valence electrons. The van der Waals surface area contributed by atoms with Gasteiger partial charge in [0, 0.05) is 34.1 Å². The molecule has 8 heteroatoms. The van der Waals surface area contributed by atoms with Gasteiger partial charge in [0.2, 0.25) is 0 Å². The van der Waals surface area contributed by atoms with E-state index in [0.717, 1.165) is 16.1 Å². The molecular weight excluding hydrogens is 400 g/mol. The number of hydrogen-bond donors (Lipinski definition) is 1. The quantitative estimate of drug-likeness (QED) is 0.281. The van der Waals surface area contributed by atoms with E-state index in [2.05, 4.69) is 30.4 Å². The fourth-order valence-corrected chi connectivity index (χ4v) is 4.12. The van der Waals surface area contributed by atoms with Crippen LogP contribution >= 0.6 is 11.3 Å². The Balaban J connectivity index is 1.52. The van der Waals surface area contributed by atoms with Gasteiger partial charge < -0.3 is 4.57 Å². The number of hydrazone groups is 1. The molecule has 0 saturated heterocycles. The predicted molar refractivity (Wildman–Crippen MR) is 119 cm³/mol. The average Bonchev–Trinajstić information content (AvgIpc) is 3.36. The normalized spacial score (nSPS) is 11.3. The smallest absolute Gasteiger partial charge is 0.281 e. The van der Waals surface area contributed by atoms with Gasteiger partial charge in [0.05, 0.1) is 21.7 Å². The fraction of sp³-hybridized carbons (Fsp3) is 0.0909. The summed E-state index contributed by atoms with van der Waals surface area (Å²) >= 11 is 1.26. The fourth-order valence-electron chi connectivity index (χ4n) is 3.18. The molecule has 4 rings (SSSR count). The summed E-state index contributed by atoms with van der Waals surface area (Å²) in [6.45, 7) is 4.13. The lowest BCUT2D eigenvalue weighted by Crippen LogP contribution is -2.16. The molecule has 2 aromatic heterocycles. The molecule has 0 bridgehead atoms. The summed E-state index contributed by atoms with van der Waals surface area (Å²) in [7, 11) is 0. The highest BCUT2D eigenvalue weighted by atomic mass is 32.1. The minimum absolute atomic E-state index is 0.00233. The first-order chi connectivity index (χ1) is 14.4. The van der Waals surface area contributed by atoms with Gasteiger partial charge in [-0.2, -0.15) is 5.10 Å². The number of benzene rings is 2. The Morgan fingerprint density at radius 3 is 2.80 bits per heavy atom. The molecule has 2 heterocycles. The Morgan fingerprint density at radius 2 is 2.00 bits per heavy atom. The molecule has 0 atom stereocenters. The second-order valence-corrected chi connectivity index (χ2v) is 7.89. The van der Waals surface area contributed by atoms with Crippen molar-refractivity contribution in [1.82, 2.24) is 9.99 Å². The van der Waals surface area contributed by atoms with Crippen molar-refractivity contribution in [3.63, 3.8) is 0 Å². The lowest BCUT2D eigenvalue weighted by atomic mass is 10.1. The number of non-ortho nitro benzene ring substituents is 1. The molecule has 0 spiro atoms. The Labute approximate surface area is 176 Å². The van der Waals surface area contributed by atoms with Crippen LogP contribution in [-0.4, -0.2) is 21.6 Å². The first kappa shape index (κ1) is 19.5. The van der Waals surface area contributed by atoms with Crippen molar-refractivity contribution in [1.29, 1.82) is 0 Å². The first-order valence-corrected chi connectivity index (χ1v) is 10.0. The SMILES string of the molecule is Cc1cccc(-n2cccc2/C=N\NC(=O)c2cc3cc([N+](=O)[O-])ccc3s2)c1C. The van der Waals surface area contributed by atoms with Gasteiger partial charge in [-0.3, -0.25) is 14.9 Å². The van der Waals surface area contributed by atoms with Crippen molar-refractivity contribution >= 4 is 39.2 Å². The van der Waals surface area contributed by atoms with E-state index in [1.807, 2.05) is 35.0 Å². The van der Waals surface area contributed by atoms with E-state index in [4.69, 9.17) is 0 Å². The highest BCUT2D eigenvalue weighted by molar-refractivity contribution is 7.20. The Kier molecular flexibility index (Phi) is 5.16. The van der Waals surface area contributed by atoms with Gasteiger partial charge in [-0.1, -0.05) is 12.1 Å². The summed E-state index contributed by atoms with van der Waals surface area (Å²) in [4.78, 5) is 23.4. The summed E-state index contributed by atoms with van der Waals surface area (Å²) in [5.74, 6) is -0.361. The minimum atomic E-state index is -0.452. The van der Waals surface area contributed by atoms with Crippen molar-refractivity contribution < 1.29 is 9.72 Å². The lowest BCUT2D eigenvalue weighted by molar-refractivity contribution is -0.384. The standard InChI is InChI=1S/C22H18N4O3S/c1-14-5-3-7-19(15(14)2)25-10-4-6-18(25)13-23-24-22(27)21-12-16-11-17(26(28)29)8-9-20(16)30-21/h3-13H,1-2H3,(H,24,27)/b23-13-. The summed E-state index contributed by atoms with van der Waals surface area (Å²) in [5, 5.41) is 15.7. The number of thiophene rings is 1. The summed E-state index contributed by atoms with van der Waals surface area (Å²) in [6.07, 6.45) is 3.54. The van der Waals surface area contributed by atoms with Gasteiger partial charge in [-0.15, -0.1) is 11.3 Å². The number of nitro groups is 1. The number of nitro benzene ring substituents is 1. The maximum absolute atomic E-state index is 12.5. The minimum Gasteiger partial charge on any atom is -0.315 e. The van der Waals surface area contributed by atoms with Crippen LogP contribution in [0.1, 0.15) is 26.5 Å². The lowest BCUT2D eigenvalue weighted by Gasteiger charge is -2.11. The van der Waals surface area contributed by atoms with Crippen molar-refractivity contribution in [2.24, 2.45) is 5.10 Å². The molecule has 30 heavy (non-hydrogen) atoms. The van der Waals surface area contributed by atoms with Crippen LogP contribution in [0.15, 0.2) is 65.9 Å². The Hall–Kier alpha value is -3.78. The molecule has 0 aliphatic carbocycles. The first-order valence-electron chi connectivity index (χ1n) is 9.19. The molecule has 2 aromatic carbocycles. The zero-order chi connectivity index (χ0) is 21.3. The van der Waals surface area contributed by atoms with Crippen LogP contribution in [0.3, 0.4) is 0 Å². The maximum Gasteiger partial charge on any atom is 0.281 e. The number of hydrogen-bond acceptors (Lipinski definition) is 5. The molecular formula is C22H18N4O3S. The van der Waals surface area contributed by atoms with Crippen molar-refractivity contribution in [3.05, 3.63) is 92.6 Å². The Morgan fingerprint density at radius 1 is 1.17 bits per heavy atom. The molecule has 1 N–H and O–H groups in total. The van der Waals surface area contributed by atoms with Crippen molar-refractivity contribution in [2.45, 2.75) is 13.8 Å². The third-order valence-corrected chi connectivity index (χ3v) is 6.03. The van der Waals surface area contributed by atoms with Gasteiger partial charge >= 0.3 is 0 Å². The number of carbonyl (C=O) groups excluding carboxylic acids is 1. The second-order valence-electron chi connectivity index (χ2n) is 6.81. The van der Waals surface area contributed by atoms with E-state index in [9.17, 15) is 14.9 Å². The summed E-state index contributed by atoms with van der Waals surface area (Å²) < 4.78 is 2.81. The largest absolute Gasteiger partial charge is 0.315 e. The van der Waals surface area contributed by atoms with Crippen LogP contribution in [0.4, 0.5) is 5.69 Å². The maximum atomic E-state index is 12.5. The molecule has 4 aromatic rings. The second kappa shape index (κ2) is 7.92. The third kappa shape index (κ3) is 3.72. The highest BCUT2D eigenvalue weighted by Crippen LogP contribution is 2.29. The van der Waals surface area contributed by atoms with Crippen LogP contribution in [-0.2, 0) is 0 Å². The van der Waals surface area contributed by atoms with Crippen LogP contribution < -0.4 is 5.43 Å². The summed E-state index contributed by atoms with van der Waals surface area (Å²) in [5.41, 5.74) is 6.79. The van der Waals surface area contributed by atoms with E-state index >= 15 is 0 Å². The van der Waals surface area contributed by atoms with E-state index in [0.29, 0.717) is 10.3 Å². The molecule has 1 amide bonds. The monoisotopic (exact) mass is 418 g/mol. The van der Waals surface area contributed by atoms with Gasteiger partial charge in [-0.25, -0.2) is 5.43 Å². The van der Waals surface area contributed by atoms with Crippen LogP contribution in [0.5, 0.6) is 0 Å². The topological polar surface area (TPSA) is 89.5 Å². The Bertz CT molecular complexity index is 1300. The zero-order valence-electron chi connectivity index (χ0n) is 16.3. The van der Waals surface area contributed by atoms with E-state index in [1.54, 1.807) is 18.3 Å². The highest BCUT2D eigenvalue weighted by Gasteiger charge is 2.13. The molecule has 0 unspecified atom stereocenters. The number of fused-ring (bicyclic) bond motifs is 1. The van der Waals surface area contributed by atoms with E-state index in [1.165, 1.54) is 34.6 Å². The van der Waals surface area contributed by atoms with Crippen LogP contribution in [0, 0.1) is 24.0 Å². The predicted octanol–water partition coefficient (Wildman–Crippen LogP) is 4.98. The van der Waals surface area contributed by atoms with Gasteiger partial charge in [0.25, 0.3) is 11.6 Å². The van der Waals surface area contributed by atoms with Gasteiger partial charge in [0.15, 0.2) is 0 Å². The number of amides is 1. The molecule has 0 aliphatic heterocycles. The van der Waals surface area contributed by atoms with Crippen molar-refractivity contribution in [2.75, 3.05) is 0 Å².